The zero-order chi connectivity index (χ0) is 17.7. The van der Waals surface area contributed by atoms with Gasteiger partial charge in [0.15, 0.2) is 0 Å². The number of hydrogen-bond acceptors (Lipinski definition) is 5. The molecule has 9 heteroatoms. The number of nitrogens with zero attached hydrogens (tertiary/aromatic N) is 2. The number of nitro benzene ring substituents is 1. The first-order valence-electron chi connectivity index (χ1n) is 6.60. The third-order valence-corrected chi connectivity index (χ3v) is 3.50. The predicted molar refractivity (Wildman–Crippen MR) is 90.7 cm³/mol. The third kappa shape index (κ3) is 4.43. The Bertz CT molecular complexity index is 824. The highest BCUT2D eigenvalue weighted by Crippen LogP contribution is 2.29. The first kappa shape index (κ1) is 17.7. The van der Waals surface area contributed by atoms with Crippen molar-refractivity contribution in [2.45, 2.75) is 6.42 Å². The van der Waals surface area contributed by atoms with Gasteiger partial charge >= 0.3 is 0 Å². The SMILES string of the molecule is O=C(Cc1ccccc1[N+](=O)[O-])NN=Cc1cc(Cl)cc(Cl)c1O. The number of phenolic OH excluding ortho intramolecular Hbond substituents is 1. The Labute approximate surface area is 146 Å². The molecule has 0 saturated heterocycles. The molecule has 24 heavy (non-hydrogen) atoms. The van der Waals surface area contributed by atoms with Crippen molar-refractivity contribution in [2.24, 2.45) is 5.10 Å². The van der Waals surface area contributed by atoms with E-state index in [2.05, 4.69) is 10.5 Å². The minimum Gasteiger partial charge on any atom is -0.506 e. The fourth-order valence-electron chi connectivity index (χ4n) is 1.91. The molecule has 0 fully saturated rings. The number of benzene rings is 2. The number of carbonyl (C=O) groups is 1. The van der Waals surface area contributed by atoms with E-state index >= 15 is 0 Å². The lowest BCUT2D eigenvalue weighted by molar-refractivity contribution is -0.385. The molecule has 0 aliphatic rings. The van der Waals surface area contributed by atoms with Gasteiger partial charge in [-0.25, -0.2) is 5.43 Å². The van der Waals surface area contributed by atoms with Gasteiger partial charge in [-0.1, -0.05) is 41.4 Å². The number of nitrogens with one attached hydrogen (secondary N) is 1. The average molecular weight is 368 g/mol. The second-order valence-corrected chi connectivity index (χ2v) is 5.52. The van der Waals surface area contributed by atoms with Gasteiger partial charge in [-0.3, -0.25) is 14.9 Å². The average Bonchev–Trinajstić information content (AvgIpc) is 2.52. The highest BCUT2D eigenvalue weighted by Gasteiger charge is 2.15. The summed E-state index contributed by atoms with van der Waals surface area (Å²) in [5.41, 5.74) is 2.57. The van der Waals surface area contributed by atoms with Gasteiger partial charge in [-0.15, -0.1) is 0 Å². The molecule has 0 unspecified atom stereocenters. The van der Waals surface area contributed by atoms with Crippen molar-refractivity contribution in [1.29, 1.82) is 0 Å². The van der Waals surface area contributed by atoms with Crippen molar-refractivity contribution in [3.63, 3.8) is 0 Å². The van der Waals surface area contributed by atoms with Crippen LogP contribution in [-0.4, -0.2) is 22.2 Å². The number of aromatic hydroxyl groups is 1. The Morgan fingerprint density at radius 3 is 2.75 bits per heavy atom. The fraction of sp³-hybridized carbons (Fsp3) is 0.0667. The van der Waals surface area contributed by atoms with Crippen LogP contribution in [-0.2, 0) is 11.2 Å². The van der Waals surface area contributed by atoms with Gasteiger partial charge < -0.3 is 5.11 Å². The summed E-state index contributed by atoms with van der Waals surface area (Å²) >= 11 is 11.6. The molecule has 2 N–H and O–H groups in total. The largest absolute Gasteiger partial charge is 0.506 e. The van der Waals surface area contributed by atoms with Gasteiger partial charge in [-0.2, -0.15) is 5.10 Å². The molecule has 0 aromatic heterocycles. The lowest BCUT2D eigenvalue weighted by atomic mass is 10.1. The van der Waals surface area contributed by atoms with Crippen LogP contribution in [0.3, 0.4) is 0 Å². The molecule has 2 rings (SSSR count). The summed E-state index contributed by atoms with van der Waals surface area (Å²) < 4.78 is 0. The number of nitro groups is 1. The van der Waals surface area contributed by atoms with E-state index in [0.717, 1.165) is 0 Å². The molecule has 1 amide bonds. The lowest BCUT2D eigenvalue weighted by Crippen LogP contribution is -2.20. The predicted octanol–water partition coefficient (Wildman–Crippen LogP) is 3.30. The molecule has 0 radical (unpaired) electrons. The molecule has 0 aliphatic heterocycles. The number of carbonyl (C=O) groups excluding carboxylic acids is 1. The Kier molecular flexibility index (Phi) is 5.73. The van der Waals surface area contributed by atoms with Crippen LogP contribution < -0.4 is 5.43 Å². The van der Waals surface area contributed by atoms with Crippen molar-refractivity contribution >= 4 is 41.0 Å². The van der Waals surface area contributed by atoms with E-state index in [9.17, 15) is 20.0 Å². The Hall–Kier alpha value is -2.64. The zero-order valence-corrected chi connectivity index (χ0v) is 13.6. The van der Waals surface area contributed by atoms with E-state index in [1.54, 1.807) is 6.07 Å². The van der Waals surface area contributed by atoms with E-state index in [1.165, 1.54) is 36.5 Å². The minimum absolute atomic E-state index is 0.0511. The molecule has 0 heterocycles. The van der Waals surface area contributed by atoms with E-state index in [-0.39, 0.29) is 34.0 Å². The molecule has 2 aromatic rings. The van der Waals surface area contributed by atoms with Crippen molar-refractivity contribution in [3.05, 3.63) is 67.7 Å². The van der Waals surface area contributed by atoms with E-state index in [4.69, 9.17) is 23.2 Å². The van der Waals surface area contributed by atoms with Crippen LogP contribution in [0.15, 0.2) is 41.5 Å². The number of phenols is 1. The molecule has 124 valence electrons. The molecule has 0 spiro atoms. The van der Waals surface area contributed by atoms with Gasteiger partial charge in [0.25, 0.3) is 5.69 Å². The highest BCUT2D eigenvalue weighted by atomic mass is 35.5. The number of hydrogen-bond donors (Lipinski definition) is 2. The third-order valence-electron chi connectivity index (χ3n) is 2.99. The van der Waals surface area contributed by atoms with Crippen LogP contribution in [0.4, 0.5) is 5.69 Å². The van der Waals surface area contributed by atoms with Crippen molar-refractivity contribution < 1.29 is 14.8 Å². The normalized spacial score (nSPS) is 10.8. The van der Waals surface area contributed by atoms with Gasteiger partial charge in [0.2, 0.25) is 5.91 Å². The van der Waals surface area contributed by atoms with Crippen molar-refractivity contribution in [2.75, 3.05) is 0 Å². The highest BCUT2D eigenvalue weighted by molar-refractivity contribution is 6.36. The molecular weight excluding hydrogens is 357 g/mol. The standard InChI is InChI=1S/C15H11Cl2N3O4/c16-11-5-10(15(22)12(17)7-11)8-18-19-14(21)6-9-3-1-2-4-13(9)20(23)24/h1-5,7-8,22H,6H2,(H,19,21). The van der Waals surface area contributed by atoms with Crippen molar-refractivity contribution in [1.82, 2.24) is 5.43 Å². The van der Waals surface area contributed by atoms with Crippen LogP contribution in [0, 0.1) is 10.1 Å². The summed E-state index contributed by atoms with van der Waals surface area (Å²) in [5, 5.41) is 24.7. The van der Waals surface area contributed by atoms with Gasteiger partial charge in [0, 0.05) is 22.2 Å². The van der Waals surface area contributed by atoms with E-state index in [0.29, 0.717) is 5.02 Å². The molecule has 2 aromatic carbocycles. The lowest BCUT2D eigenvalue weighted by Gasteiger charge is -2.03. The molecule has 0 atom stereocenters. The summed E-state index contributed by atoms with van der Waals surface area (Å²) in [6, 6.07) is 8.71. The molecule has 0 aliphatic carbocycles. The first-order valence-corrected chi connectivity index (χ1v) is 7.36. The number of hydrazone groups is 1. The summed E-state index contributed by atoms with van der Waals surface area (Å²) in [7, 11) is 0. The van der Waals surface area contributed by atoms with Crippen LogP contribution in [0.5, 0.6) is 5.75 Å². The Morgan fingerprint density at radius 1 is 1.33 bits per heavy atom. The van der Waals surface area contributed by atoms with Gasteiger partial charge in [0.1, 0.15) is 5.75 Å². The smallest absolute Gasteiger partial charge is 0.273 e. The molecular formula is C15H11Cl2N3O4. The molecule has 0 saturated carbocycles. The van der Waals surface area contributed by atoms with E-state index < -0.39 is 10.8 Å². The fourth-order valence-corrected chi connectivity index (χ4v) is 2.42. The number of para-hydroxylation sites is 1. The summed E-state index contributed by atoms with van der Waals surface area (Å²) in [6.07, 6.45) is 0.960. The zero-order valence-electron chi connectivity index (χ0n) is 12.1. The topological polar surface area (TPSA) is 105 Å². The number of amides is 1. The minimum atomic E-state index is -0.558. The maximum absolute atomic E-state index is 11.8. The second-order valence-electron chi connectivity index (χ2n) is 4.68. The number of rotatable bonds is 5. The van der Waals surface area contributed by atoms with Gasteiger partial charge in [0.05, 0.1) is 22.6 Å². The summed E-state index contributed by atoms with van der Waals surface area (Å²) in [5.74, 6) is -0.772. The van der Waals surface area contributed by atoms with Gasteiger partial charge in [-0.05, 0) is 12.1 Å². The maximum atomic E-state index is 11.8. The summed E-state index contributed by atoms with van der Waals surface area (Å²) in [4.78, 5) is 22.2. The van der Waals surface area contributed by atoms with Crippen molar-refractivity contribution in [3.8, 4) is 5.75 Å². The van der Waals surface area contributed by atoms with Crippen LogP contribution in [0.1, 0.15) is 11.1 Å². The summed E-state index contributed by atoms with van der Waals surface area (Å²) in [6.45, 7) is 0. The molecule has 0 bridgehead atoms. The quantitative estimate of drug-likeness (QED) is 0.480. The first-order chi connectivity index (χ1) is 11.4. The monoisotopic (exact) mass is 367 g/mol. The van der Waals surface area contributed by atoms with Crippen LogP contribution in [0.2, 0.25) is 10.0 Å². The molecule has 7 nitrogen and oxygen atoms in total. The Morgan fingerprint density at radius 2 is 2.04 bits per heavy atom. The van der Waals surface area contributed by atoms with E-state index in [1.807, 2.05) is 0 Å². The van der Waals surface area contributed by atoms with Crippen LogP contribution >= 0.6 is 23.2 Å². The second kappa shape index (κ2) is 7.76. The van der Waals surface area contributed by atoms with Crippen LogP contribution in [0.25, 0.3) is 0 Å². The maximum Gasteiger partial charge on any atom is 0.273 e. The Balaban J connectivity index is 2.06. The number of halogens is 2.